The summed E-state index contributed by atoms with van der Waals surface area (Å²) in [5.41, 5.74) is 2.84. The van der Waals surface area contributed by atoms with Gasteiger partial charge in [0.2, 0.25) is 0 Å². The summed E-state index contributed by atoms with van der Waals surface area (Å²) in [7, 11) is 0. The quantitative estimate of drug-likeness (QED) is 0.661. The first kappa shape index (κ1) is 14.7. The molecule has 0 saturated carbocycles. The normalized spacial score (nSPS) is 21.6. The molecule has 0 aliphatic carbocycles. The van der Waals surface area contributed by atoms with E-state index in [1.807, 2.05) is 11.8 Å². The zero-order valence-electron chi connectivity index (χ0n) is 10.4. The summed E-state index contributed by atoms with van der Waals surface area (Å²) in [6, 6.07) is 5.53. The number of benzene rings is 1. The number of nitrogens with one attached hydrogen (secondary N) is 1. The van der Waals surface area contributed by atoms with Gasteiger partial charge in [-0.2, -0.15) is 24.9 Å². The Morgan fingerprint density at radius 3 is 2.79 bits per heavy atom. The molecule has 0 aromatic heterocycles. The molecule has 1 saturated heterocycles. The van der Waals surface area contributed by atoms with Crippen LogP contribution in [0.2, 0.25) is 0 Å². The summed E-state index contributed by atoms with van der Waals surface area (Å²) in [6.07, 6.45) is -2.69. The molecule has 1 aliphatic rings. The molecule has 1 fully saturated rings. The summed E-state index contributed by atoms with van der Waals surface area (Å²) in [4.78, 5) is 0. The third-order valence-electron chi connectivity index (χ3n) is 3.46. The number of halogens is 3. The zero-order valence-corrected chi connectivity index (χ0v) is 11.2. The topological polar surface area (TPSA) is 38.0 Å². The van der Waals surface area contributed by atoms with E-state index >= 15 is 0 Å². The minimum absolute atomic E-state index is 0.0403. The van der Waals surface area contributed by atoms with Crippen LogP contribution in [0.15, 0.2) is 24.3 Å². The van der Waals surface area contributed by atoms with Crippen molar-refractivity contribution in [2.75, 3.05) is 11.5 Å². The maximum atomic E-state index is 12.6. The van der Waals surface area contributed by atoms with Gasteiger partial charge in [-0.15, -0.1) is 0 Å². The van der Waals surface area contributed by atoms with Gasteiger partial charge in [0.25, 0.3) is 0 Å². The molecule has 1 heterocycles. The number of hydrazine groups is 1. The molecule has 0 radical (unpaired) electrons. The Labute approximate surface area is 114 Å². The molecule has 1 aromatic rings. The van der Waals surface area contributed by atoms with Crippen LogP contribution >= 0.6 is 11.8 Å². The second kappa shape index (κ2) is 6.15. The smallest absolute Gasteiger partial charge is 0.271 e. The van der Waals surface area contributed by atoms with Crippen molar-refractivity contribution in [2.24, 2.45) is 11.8 Å². The lowest BCUT2D eigenvalue weighted by Gasteiger charge is -2.22. The first-order valence-electron chi connectivity index (χ1n) is 6.20. The first-order chi connectivity index (χ1) is 9.00. The Morgan fingerprint density at radius 1 is 1.42 bits per heavy atom. The molecule has 2 rings (SSSR count). The highest BCUT2D eigenvalue weighted by atomic mass is 32.2. The Kier molecular flexibility index (Phi) is 4.76. The van der Waals surface area contributed by atoms with Crippen LogP contribution in [0.4, 0.5) is 13.2 Å². The van der Waals surface area contributed by atoms with Gasteiger partial charge < -0.3 is 0 Å². The van der Waals surface area contributed by atoms with E-state index in [0.29, 0.717) is 17.9 Å². The number of alkyl halides is 3. The van der Waals surface area contributed by atoms with Crippen molar-refractivity contribution in [1.82, 2.24) is 5.43 Å². The van der Waals surface area contributed by atoms with E-state index in [9.17, 15) is 13.2 Å². The van der Waals surface area contributed by atoms with Gasteiger partial charge in [0, 0.05) is 6.04 Å². The van der Waals surface area contributed by atoms with Crippen LogP contribution in [-0.2, 0) is 12.6 Å². The predicted molar refractivity (Wildman–Crippen MR) is 71.7 cm³/mol. The molecule has 0 amide bonds. The SMILES string of the molecule is NNC(Cc1cccc(C(F)(F)F)c1)C1CCSC1. The number of hydrogen-bond acceptors (Lipinski definition) is 3. The Morgan fingerprint density at radius 2 is 2.21 bits per heavy atom. The maximum absolute atomic E-state index is 12.6. The van der Waals surface area contributed by atoms with Crippen molar-refractivity contribution < 1.29 is 13.2 Å². The van der Waals surface area contributed by atoms with E-state index in [1.54, 1.807) is 6.07 Å². The second-order valence-electron chi connectivity index (χ2n) is 4.80. The van der Waals surface area contributed by atoms with E-state index in [1.165, 1.54) is 12.1 Å². The Bertz CT molecular complexity index is 417. The van der Waals surface area contributed by atoms with Gasteiger partial charge in [-0.3, -0.25) is 11.3 Å². The fourth-order valence-electron chi connectivity index (χ4n) is 2.36. The van der Waals surface area contributed by atoms with Gasteiger partial charge in [0.15, 0.2) is 0 Å². The van der Waals surface area contributed by atoms with Crippen molar-refractivity contribution in [3.63, 3.8) is 0 Å². The van der Waals surface area contributed by atoms with Gasteiger partial charge in [-0.05, 0) is 41.9 Å². The van der Waals surface area contributed by atoms with Gasteiger partial charge in [-0.1, -0.05) is 18.2 Å². The molecule has 19 heavy (non-hydrogen) atoms. The number of hydrogen-bond donors (Lipinski definition) is 2. The monoisotopic (exact) mass is 290 g/mol. The summed E-state index contributed by atoms with van der Waals surface area (Å²) in [5.74, 6) is 8.10. The molecule has 106 valence electrons. The number of nitrogens with two attached hydrogens (primary N) is 1. The Balaban J connectivity index is 2.09. The molecular weight excluding hydrogens is 273 g/mol. The summed E-state index contributed by atoms with van der Waals surface area (Å²) in [6.45, 7) is 0. The lowest BCUT2D eigenvalue weighted by atomic mass is 9.93. The highest BCUT2D eigenvalue weighted by Crippen LogP contribution is 2.31. The van der Waals surface area contributed by atoms with Crippen molar-refractivity contribution in [2.45, 2.75) is 25.1 Å². The number of rotatable bonds is 4. The maximum Gasteiger partial charge on any atom is 0.416 e. The molecule has 1 aromatic carbocycles. The van der Waals surface area contributed by atoms with Gasteiger partial charge in [0.1, 0.15) is 0 Å². The van der Waals surface area contributed by atoms with E-state index < -0.39 is 11.7 Å². The third-order valence-corrected chi connectivity index (χ3v) is 4.65. The van der Waals surface area contributed by atoms with Crippen molar-refractivity contribution in [3.8, 4) is 0 Å². The molecule has 2 atom stereocenters. The summed E-state index contributed by atoms with van der Waals surface area (Å²) >= 11 is 1.87. The molecular formula is C13H17F3N2S. The molecule has 0 spiro atoms. The highest BCUT2D eigenvalue weighted by molar-refractivity contribution is 7.99. The van der Waals surface area contributed by atoms with Gasteiger partial charge in [0.05, 0.1) is 5.56 Å². The number of thioether (sulfide) groups is 1. The fourth-order valence-corrected chi connectivity index (χ4v) is 3.70. The zero-order chi connectivity index (χ0) is 13.9. The lowest BCUT2D eigenvalue weighted by Crippen LogP contribution is -2.42. The van der Waals surface area contributed by atoms with E-state index in [4.69, 9.17) is 5.84 Å². The average Bonchev–Trinajstić information content (AvgIpc) is 2.89. The van der Waals surface area contributed by atoms with Crippen molar-refractivity contribution in [3.05, 3.63) is 35.4 Å². The van der Waals surface area contributed by atoms with Gasteiger partial charge >= 0.3 is 6.18 Å². The summed E-state index contributed by atoms with van der Waals surface area (Å²) < 4.78 is 37.9. The molecule has 2 nitrogen and oxygen atoms in total. The minimum Gasteiger partial charge on any atom is -0.271 e. The van der Waals surface area contributed by atoms with E-state index in [0.717, 1.165) is 24.0 Å². The molecule has 1 aliphatic heterocycles. The van der Waals surface area contributed by atoms with Crippen LogP contribution in [0.25, 0.3) is 0 Å². The fraction of sp³-hybridized carbons (Fsp3) is 0.538. The molecule has 0 bridgehead atoms. The molecule has 3 N–H and O–H groups in total. The van der Waals surface area contributed by atoms with Crippen LogP contribution < -0.4 is 11.3 Å². The first-order valence-corrected chi connectivity index (χ1v) is 7.36. The summed E-state index contributed by atoms with van der Waals surface area (Å²) in [5, 5.41) is 0. The molecule has 2 unspecified atom stereocenters. The van der Waals surface area contributed by atoms with Crippen LogP contribution in [0.1, 0.15) is 17.5 Å². The molecule has 6 heteroatoms. The third kappa shape index (κ3) is 3.87. The standard InChI is InChI=1S/C13H17F3N2S/c14-13(15,16)11-3-1-2-9(6-11)7-12(18-17)10-4-5-19-8-10/h1-3,6,10,12,18H,4-5,7-8,17H2. The van der Waals surface area contributed by atoms with Crippen LogP contribution in [0.3, 0.4) is 0 Å². The van der Waals surface area contributed by atoms with Crippen LogP contribution in [-0.4, -0.2) is 17.5 Å². The van der Waals surface area contributed by atoms with Crippen LogP contribution in [0.5, 0.6) is 0 Å². The lowest BCUT2D eigenvalue weighted by molar-refractivity contribution is -0.137. The van der Waals surface area contributed by atoms with Crippen LogP contribution in [0, 0.1) is 5.92 Å². The Hall–Kier alpha value is -0.720. The predicted octanol–water partition coefficient (Wildman–Crippen LogP) is 2.83. The van der Waals surface area contributed by atoms with Crippen molar-refractivity contribution in [1.29, 1.82) is 0 Å². The average molecular weight is 290 g/mol. The minimum atomic E-state index is -4.29. The largest absolute Gasteiger partial charge is 0.416 e. The van der Waals surface area contributed by atoms with E-state index in [-0.39, 0.29) is 6.04 Å². The second-order valence-corrected chi connectivity index (χ2v) is 5.95. The van der Waals surface area contributed by atoms with E-state index in [2.05, 4.69) is 5.43 Å². The van der Waals surface area contributed by atoms with Crippen molar-refractivity contribution >= 4 is 11.8 Å². The highest BCUT2D eigenvalue weighted by Gasteiger charge is 2.31. The van der Waals surface area contributed by atoms with Gasteiger partial charge in [-0.25, -0.2) is 0 Å².